The molecule has 0 fully saturated rings. The Kier molecular flexibility index (Phi) is 3.24. The number of para-hydroxylation sites is 4. The summed E-state index contributed by atoms with van der Waals surface area (Å²) in [5, 5.41) is -3.23. The van der Waals surface area contributed by atoms with E-state index in [2.05, 4.69) is 0 Å². The van der Waals surface area contributed by atoms with Crippen molar-refractivity contribution in [2.45, 2.75) is 6.92 Å². The van der Waals surface area contributed by atoms with Crippen LogP contribution in [0.3, 0.4) is 0 Å². The fourth-order valence-electron chi connectivity index (χ4n) is 7.07. The number of anilines is 6. The summed E-state index contributed by atoms with van der Waals surface area (Å²) in [6.07, 6.45) is -1.11. The number of hydrogen-bond acceptors (Lipinski definition) is 4. The van der Waals surface area contributed by atoms with Crippen molar-refractivity contribution in [2.24, 2.45) is 0 Å². The molecule has 0 amide bonds. The minimum absolute atomic E-state index is 0.242. The molecule has 0 atom stereocenters. The third kappa shape index (κ3) is 4.73. The molecule has 11 aromatic rings. The van der Waals surface area contributed by atoms with E-state index >= 15 is 0 Å². The number of thiophene rings is 1. The van der Waals surface area contributed by atoms with E-state index < -0.39 is 275 Å². The highest BCUT2D eigenvalue weighted by molar-refractivity contribution is 7.26. The Morgan fingerprint density at radius 2 is 1.28 bits per heavy atom. The molecular formula is C51H32ClN3OS. The number of benzene rings is 8. The van der Waals surface area contributed by atoms with Gasteiger partial charge in [-0.25, -0.2) is 0 Å². The quantitative estimate of drug-likeness (QED) is 0.173. The zero-order valence-corrected chi connectivity index (χ0v) is 30.1. The van der Waals surface area contributed by atoms with Gasteiger partial charge in [0.2, 0.25) is 0 Å². The second-order valence-electron chi connectivity index (χ2n) is 12.5. The van der Waals surface area contributed by atoms with E-state index in [1.165, 1.54) is 6.92 Å². The van der Waals surface area contributed by atoms with Gasteiger partial charge in [0.15, 0.2) is 0 Å². The van der Waals surface area contributed by atoms with Crippen LogP contribution in [0.4, 0.5) is 34.1 Å². The van der Waals surface area contributed by atoms with E-state index in [0.717, 1.165) is 14.4 Å². The second-order valence-corrected chi connectivity index (χ2v) is 13.9. The van der Waals surface area contributed by atoms with Gasteiger partial charge in [-0.15, -0.1) is 11.3 Å². The second kappa shape index (κ2) is 12.4. The first-order chi connectivity index (χ1) is 40.2. The fraction of sp³-hybridized carbons (Fsp3) is 0.0196. The Balaban J connectivity index is 1.34. The van der Waals surface area contributed by atoms with Gasteiger partial charge in [0.05, 0.1) is 98.9 Å². The lowest BCUT2D eigenvalue weighted by Crippen LogP contribution is -2.19. The smallest absolute Gasteiger partial charge is 0.136 e. The minimum atomic E-state index is -1.11. The Labute approximate surface area is 378 Å². The van der Waals surface area contributed by atoms with Gasteiger partial charge in [0.1, 0.15) is 13.2 Å². The van der Waals surface area contributed by atoms with Crippen molar-refractivity contribution in [3.63, 3.8) is 0 Å². The molecule has 0 spiro atoms. The number of furan rings is 1. The zero-order valence-electron chi connectivity index (χ0n) is 57.5. The van der Waals surface area contributed by atoms with Gasteiger partial charge in [-0.3, -0.25) is 0 Å². The van der Waals surface area contributed by atoms with Crippen molar-refractivity contribution in [1.82, 2.24) is 4.57 Å². The molecule has 4 heterocycles. The van der Waals surface area contributed by atoms with E-state index in [9.17, 15) is 19.2 Å². The van der Waals surface area contributed by atoms with Gasteiger partial charge in [-0.2, -0.15) is 0 Å². The number of nitrogens with zero attached hydrogens (tertiary/aromatic N) is 3. The highest BCUT2D eigenvalue weighted by atomic mass is 35.5. The molecule has 0 saturated carbocycles. The fourth-order valence-corrected chi connectivity index (χ4v) is 8.39. The SMILES string of the molecule is [2H]c1oc2c([2H])c([2H])c(-c3c([2H])c([2H])c([2H])c([2H])c3[2H])c([2H])c2c1N(c1c([2H])c(C)c([2H])c(N2c3c([2H])c([2H])c([2H])c([2H])c3-n3c4c([2H])c([2H])c([2H])c([2H])c4c4c([2H])c([2H])c([2H])c2c43)c1Cl)c1c([2H])c([2H])c([2H])c2c1sc1c([2H])c([2H])c([2H])c([2H])c12. The number of fused-ring (bicyclic) bond motifs is 9. The van der Waals surface area contributed by atoms with Crippen LogP contribution in [-0.4, -0.2) is 4.57 Å². The Morgan fingerprint density at radius 1 is 0.561 bits per heavy atom. The molecule has 8 aromatic carbocycles. The van der Waals surface area contributed by atoms with Gasteiger partial charge in [-0.1, -0.05) is 120 Å². The van der Waals surface area contributed by atoms with Gasteiger partial charge >= 0.3 is 0 Å². The van der Waals surface area contributed by atoms with Crippen LogP contribution < -0.4 is 9.80 Å². The zero-order chi connectivity index (χ0) is 63.0. The molecule has 0 radical (unpaired) electrons. The van der Waals surface area contributed by atoms with Crippen molar-refractivity contribution in [2.75, 3.05) is 9.80 Å². The van der Waals surface area contributed by atoms with Crippen LogP contribution in [0.2, 0.25) is 5.02 Å². The standard InChI is InChI=1S/C51H32ClN3OS/c1-31-27-44(53-40-20-8-9-21-41(40)55-39-19-7-5-15-34(39)36-17-11-22-42(53)50(36)55)49(52)45(28-31)54(43-23-12-18-37-35-16-6-10-24-48(35)57-51(37)43)46-30-56-47-26-25-33(29-38(46)47)32-13-3-2-4-14-32/h2-30H,1H3/i2D,3D,4D,5D,6D,7D,8D,9D,10D,11D,12D,13D,14D,15D,16D,17D,18D,19D,20D,21D,22D,23D,24D,25D,26D,27D,28D,29D,30D. The number of rotatable bonds is 5. The molecule has 0 bridgehead atoms. The van der Waals surface area contributed by atoms with Crippen LogP contribution in [-0.2, 0) is 0 Å². The topological polar surface area (TPSA) is 24.6 Å². The predicted molar refractivity (Wildman–Crippen MR) is 242 cm³/mol. The number of aromatic nitrogens is 1. The molecule has 1 aliphatic heterocycles. The molecule has 0 saturated heterocycles. The molecule has 0 N–H and O–H groups in total. The lowest BCUT2D eigenvalue weighted by atomic mass is 10.0. The lowest BCUT2D eigenvalue weighted by Gasteiger charge is -2.35. The van der Waals surface area contributed by atoms with Crippen LogP contribution in [0.5, 0.6) is 0 Å². The molecule has 1 aliphatic rings. The largest absolute Gasteiger partial charge is 0.462 e. The normalized spacial score (nSPS) is 19.5. The summed E-state index contributed by atoms with van der Waals surface area (Å²) in [4.78, 5) is 1.59. The van der Waals surface area contributed by atoms with E-state index in [4.69, 9.17) is 36.6 Å². The molecule has 0 aliphatic carbocycles. The van der Waals surface area contributed by atoms with Crippen molar-refractivity contribution in [3.05, 3.63) is 186 Å². The molecule has 6 heteroatoms. The molecule has 3 aromatic heterocycles. The predicted octanol–water partition coefficient (Wildman–Crippen LogP) is 15.8. The summed E-state index contributed by atoms with van der Waals surface area (Å²) < 4.78 is 272. The van der Waals surface area contributed by atoms with Crippen LogP contribution >= 0.6 is 22.9 Å². The lowest BCUT2D eigenvalue weighted by molar-refractivity contribution is 0.616. The Morgan fingerprint density at radius 3 is 2.18 bits per heavy atom. The summed E-state index contributed by atoms with van der Waals surface area (Å²) in [6, 6.07) is -24.1. The highest BCUT2D eigenvalue weighted by Crippen LogP contribution is 2.55. The molecule has 12 rings (SSSR count). The third-order valence-electron chi connectivity index (χ3n) is 9.37. The number of hydrogen-bond donors (Lipinski definition) is 0. The Hall–Kier alpha value is -6.79. The molecular weight excluding hydrogens is 738 g/mol. The van der Waals surface area contributed by atoms with Crippen molar-refractivity contribution >= 4 is 110 Å². The first kappa shape index (κ1) is 14.9. The van der Waals surface area contributed by atoms with Gasteiger partial charge in [-0.05, 0) is 84.0 Å². The summed E-state index contributed by atoms with van der Waals surface area (Å²) in [7, 11) is 0. The van der Waals surface area contributed by atoms with E-state index in [1.807, 2.05) is 0 Å². The summed E-state index contributed by atoms with van der Waals surface area (Å²) >= 11 is 8.33. The first-order valence-electron chi connectivity index (χ1n) is 31.3. The average Bonchev–Trinajstić information content (AvgIpc) is 1.43. The maximum atomic E-state index is 10.0. The maximum absolute atomic E-state index is 10.0. The van der Waals surface area contributed by atoms with E-state index in [-0.39, 0.29) is 14.8 Å². The monoisotopic (exact) mass is 798 g/mol. The maximum Gasteiger partial charge on any atom is 0.136 e. The number of halogens is 1. The third-order valence-corrected chi connectivity index (χ3v) is 10.8. The van der Waals surface area contributed by atoms with Crippen molar-refractivity contribution in [1.29, 1.82) is 0 Å². The van der Waals surface area contributed by atoms with Crippen LogP contribution in [0, 0.1) is 6.92 Å². The van der Waals surface area contributed by atoms with Crippen LogP contribution in [0.25, 0.3) is 69.8 Å². The molecule has 0 unspecified atom stereocenters. The van der Waals surface area contributed by atoms with Crippen LogP contribution in [0.1, 0.15) is 45.3 Å². The van der Waals surface area contributed by atoms with Crippen LogP contribution in [0.15, 0.2) is 180 Å². The molecule has 4 nitrogen and oxygen atoms in total. The van der Waals surface area contributed by atoms with Crippen molar-refractivity contribution < 1.29 is 44.2 Å². The van der Waals surface area contributed by atoms with Gasteiger partial charge in [0, 0.05) is 31.6 Å². The molecule has 57 heavy (non-hydrogen) atoms. The first-order valence-corrected chi connectivity index (χ1v) is 18.0. The van der Waals surface area contributed by atoms with E-state index in [1.54, 1.807) is 0 Å². The summed E-state index contributed by atoms with van der Waals surface area (Å²) in [5.74, 6) is 0. The minimum Gasteiger partial charge on any atom is -0.462 e. The molecule has 270 valence electrons. The van der Waals surface area contributed by atoms with Crippen molar-refractivity contribution in [3.8, 4) is 16.8 Å². The highest BCUT2D eigenvalue weighted by Gasteiger charge is 2.32. The summed E-state index contributed by atoms with van der Waals surface area (Å²) in [5.41, 5.74) is -8.69. The average molecular weight is 800 g/mol. The summed E-state index contributed by atoms with van der Waals surface area (Å²) in [6.45, 7) is 1.18. The van der Waals surface area contributed by atoms with Gasteiger partial charge in [0.25, 0.3) is 0 Å². The van der Waals surface area contributed by atoms with E-state index in [0.29, 0.717) is 11.3 Å². The Bertz CT molecular complexity index is 5080. The van der Waals surface area contributed by atoms with Gasteiger partial charge < -0.3 is 18.8 Å².